The number of sulfonamides is 2. The summed E-state index contributed by atoms with van der Waals surface area (Å²) in [5.74, 6) is -0.420. The highest BCUT2D eigenvalue weighted by Crippen LogP contribution is 2.29. The predicted molar refractivity (Wildman–Crippen MR) is 125 cm³/mol. The first-order valence-corrected chi connectivity index (χ1v) is 13.2. The van der Waals surface area contributed by atoms with E-state index in [0.717, 1.165) is 16.1 Å². The van der Waals surface area contributed by atoms with E-state index < -0.39 is 32.0 Å². The number of methoxy groups -OCH3 is 1. The lowest BCUT2D eigenvalue weighted by Crippen LogP contribution is -2.45. The Kier molecular flexibility index (Phi) is 7.92. The average molecular weight is 484 g/mol. The van der Waals surface area contributed by atoms with E-state index in [0.29, 0.717) is 5.69 Å². The number of nitrogens with zero attached hydrogens (tertiary/aromatic N) is 1. The lowest BCUT2D eigenvalue weighted by atomic mass is 10.2. The second-order valence-electron chi connectivity index (χ2n) is 7.70. The zero-order valence-corrected chi connectivity index (χ0v) is 20.5. The van der Waals surface area contributed by atoms with Crippen LogP contribution in [0, 0.1) is 6.92 Å². The van der Waals surface area contributed by atoms with E-state index in [4.69, 9.17) is 4.74 Å². The molecule has 1 atom stereocenters. The average Bonchev–Trinajstić information content (AvgIpc) is 2.67. The molecule has 0 aliphatic rings. The van der Waals surface area contributed by atoms with Gasteiger partial charge in [-0.2, -0.15) is 0 Å². The normalized spacial score (nSPS) is 13.0. The summed E-state index contributed by atoms with van der Waals surface area (Å²) in [6.45, 7) is 6.70. The van der Waals surface area contributed by atoms with Crippen molar-refractivity contribution in [3.8, 4) is 5.75 Å². The molecule has 0 aliphatic carbocycles. The van der Waals surface area contributed by atoms with Crippen LogP contribution in [0.15, 0.2) is 47.4 Å². The van der Waals surface area contributed by atoms with Gasteiger partial charge in [-0.1, -0.05) is 17.7 Å². The summed E-state index contributed by atoms with van der Waals surface area (Å²) in [5, 5.41) is 2.60. The molecule has 1 amide bonds. The summed E-state index contributed by atoms with van der Waals surface area (Å²) in [6.07, 6.45) is 1.02. The van der Waals surface area contributed by atoms with Crippen LogP contribution >= 0.6 is 0 Å². The van der Waals surface area contributed by atoms with E-state index in [9.17, 15) is 21.6 Å². The topological polar surface area (TPSA) is 122 Å². The Morgan fingerprint density at radius 3 is 2.09 bits per heavy atom. The van der Waals surface area contributed by atoms with Crippen LogP contribution in [0.2, 0.25) is 0 Å². The highest BCUT2D eigenvalue weighted by molar-refractivity contribution is 7.92. The van der Waals surface area contributed by atoms with Crippen molar-refractivity contribution in [2.75, 3.05) is 23.0 Å². The number of aryl methyl sites for hydroxylation is 1. The van der Waals surface area contributed by atoms with Crippen molar-refractivity contribution >= 4 is 37.3 Å². The van der Waals surface area contributed by atoms with Gasteiger partial charge in [-0.05, 0) is 58.0 Å². The minimum atomic E-state index is -3.81. The second-order valence-corrected chi connectivity index (χ2v) is 11.3. The molecule has 2 N–H and O–H groups in total. The molecule has 2 rings (SSSR count). The molecule has 0 spiro atoms. The van der Waals surface area contributed by atoms with Crippen LogP contribution in [0.4, 0.5) is 11.4 Å². The molecule has 0 heterocycles. The van der Waals surface area contributed by atoms with E-state index in [1.807, 2.05) is 6.92 Å². The predicted octanol–water partition coefficient (Wildman–Crippen LogP) is 2.48. The summed E-state index contributed by atoms with van der Waals surface area (Å²) in [6, 6.07) is 9.34. The molecule has 176 valence electrons. The molecule has 0 aliphatic heterocycles. The quantitative estimate of drug-likeness (QED) is 0.565. The van der Waals surface area contributed by atoms with Crippen LogP contribution in [0.1, 0.15) is 26.3 Å². The number of rotatable bonds is 9. The van der Waals surface area contributed by atoms with Crippen molar-refractivity contribution in [3.05, 3.63) is 48.0 Å². The van der Waals surface area contributed by atoms with Crippen LogP contribution in [0.5, 0.6) is 5.75 Å². The van der Waals surface area contributed by atoms with Crippen molar-refractivity contribution in [1.82, 2.24) is 4.72 Å². The van der Waals surface area contributed by atoms with Crippen LogP contribution in [-0.4, -0.2) is 48.2 Å². The van der Waals surface area contributed by atoms with Gasteiger partial charge >= 0.3 is 0 Å². The van der Waals surface area contributed by atoms with Gasteiger partial charge in [-0.3, -0.25) is 9.10 Å². The van der Waals surface area contributed by atoms with Crippen LogP contribution in [-0.2, 0) is 24.8 Å². The Hall–Kier alpha value is -2.63. The van der Waals surface area contributed by atoms with Crippen LogP contribution < -0.4 is 19.1 Å². The van der Waals surface area contributed by atoms with Gasteiger partial charge in [0.1, 0.15) is 11.8 Å². The molecular formula is C21H29N3O6S2. The highest BCUT2D eigenvalue weighted by Gasteiger charge is 2.30. The van der Waals surface area contributed by atoms with E-state index in [1.165, 1.54) is 32.2 Å². The first kappa shape index (κ1) is 25.6. The van der Waals surface area contributed by atoms with Gasteiger partial charge in [0.25, 0.3) is 0 Å². The van der Waals surface area contributed by atoms with Crippen molar-refractivity contribution in [2.45, 2.75) is 44.7 Å². The standard InChI is InChI=1S/C21H29N3O6S2/c1-14(2)23-32(28,29)18-11-12-20(30-5)19(13-18)22-21(25)16(4)24(31(6,26)27)17-9-7-15(3)8-10-17/h7-14,16,23H,1-6H3,(H,22,25)/t16-/m1/s1. The molecule has 9 nitrogen and oxygen atoms in total. The lowest BCUT2D eigenvalue weighted by molar-refractivity contribution is -0.116. The molecule has 0 bridgehead atoms. The van der Waals surface area contributed by atoms with Crippen LogP contribution in [0.25, 0.3) is 0 Å². The zero-order chi connectivity index (χ0) is 24.3. The number of carbonyl (C=O) groups excluding carboxylic acids is 1. The molecule has 0 fully saturated rings. The molecule has 11 heteroatoms. The third-order valence-electron chi connectivity index (χ3n) is 4.51. The Morgan fingerprint density at radius 1 is 1.00 bits per heavy atom. The van der Waals surface area contributed by atoms with Crippen LogP contribution in [0.3, 0.4) is 0 Å². The highest BCUT2D eigenvalue weighted by atomic mass is 32.2. The van der Waals surface area contributed by atoms with Gasteiger partial charge < -0.3 is 10.1 Å². The molecule has 0 unspecified atom stereocenters. The van der Waals surface area contributed by atoms with E-state index in [-0.39, 0.29) is 22.4 Å². The van der Waals surface area contributed by atoms with Gasteiger partial charge in [0.15, 0.2) is 0 Å². The fraction of sp³-hybridized carbons (Fsp3) is 0.381. The number of nitrogens with one attached hydrogen (secondary N) is 2. The number of carbonyl (C=O) groups is 1. The Bertz CT molecular complexity index is 1180. The SMILES string of the molecule is COc1ccc(S(=O)(=O)NC(C)C)cc1NC(=O)[C@@H](C)N(c1ccc(C)cc1)S(C)(=O)=O. The summed E-state index contributed by atoms with van der Waals surface area (Å²) in [5.41, 5.74) is 1.38. The fourth-order valence-corrected chi connectivity index (χ4v) is 5.52. The number of hydrogen-bond acceptors (Lipinski definition) is 6. The number of ether oxygens (including phenoxy) is 1. The van der Waals surface area contributed by atoms with Gasteiger partial charge in [-0.15, -0.1) is 0 Å². The van der Waals surface area contributed by atoms with Gasteiger partial charge in [0.05, 0.1) is 29.6 Å². The second kappa shape index (κ2) is 9.88. The summed E-state index contributed by atoms with van der Waals surface area (Å²) in [7, 11) is -6.23. The van der Waals surface area contributed by atoms with E-state index in [1.54, 1.807) is 38.1 Å². The lowest BCUT2D eigenvalue weighted by Gasteiger charge is -2.28. The van der Waals surface area contributed by atoms with Gasteiger partial charge in [0.2, 0.25) is 26.0 Å². The maximum atomic E-state index is 13.0. The fourth-order valence-electron chi connectivity index (χ4n) is 3.07. The molecule has 2 aromatic rings. The Morgan fingerprint density at radius 2 is 1.59 bits per heavy atom. The van der Waals surface area contributed by atoms with Crippen molar-refractivity contribution in [3.63, 3.8) is 0 Å². The summed E-state index contributed by atoms with van der Waals surface area (Å²) >= 11 is 0. The number of hydrogen-bond donors (Lipinski definition) is 2. The van der Waals surface area contributed by atoms with Gasteiger partial charge in [0, 0.05) is 6.04 Å². The molecular weight excluding hydrogens is 454 g/mol. The summed E-state index contributed by atoms with van der Waals surface area (Å²) in [4.78, 5) is 12.9. The minimum absolute atomic E-state index is 0.0616. The third-order valence-corrected chi connectivity index (χ3v) is 7.40. The van der Waals surface area contributed by atoms with Gasteiger partial charge in [-0.25, -0.2) is 21.6 Å². The first-order valence-electron chi connectivity index (χ1n) is 9.83. The molecule has 0 saturated heterocycles. The summed E-state index contributed by atoms with van der Waals surface area (Å²) < 4.78 is 58.7. The maximum absolute atomic E-state index is 13.0. The number of benzene rings is 2. The Labute approximate surface area is 189 Å². The maximum Gasteiger partial charge on any atom is 0.248 e. The first-order chi connectivity index (χ1) is 14.8. The van der Waals surface area contributed by atoms with E-state index in [2.05, 4.69) is 10.0 Å². The minimum Gasteiger partial charge on any atom is -0.495 e. The van der Waals surface area contributed by atoms with Crippen molar-refractivity contribution in [2.24, 2.45) is 0 Å². The number of anilines is 2. The third kappa shape index (κ3) is 6.21. The van der Waals surface area contributed by atoms with Crippen molar-refractivity contribution in [1.29, 1.82) is 0 Å². The van der Waals surface area contributed by atoms with E-state index >= 15 is 0 Å². The monoisotopic (exact) mass is 483 g/mol. The smallest absolute Gasteiger partial charge is 0.248 e. The largest absolute Gasteiger partial charge is 0.495 e. The molecule has 32 heavy (non-hydrogen) atoms. The molecule has 0 radical (unpaired) electrons. The molecule has 0 aromatic heterocycles. The Balaban J connectivity index is 2.41. The van der Waals surface area contributed by atoms with Crippen molar-refractivity contribution < 1.29 is 26.4 Å². The molecule has 2 aromatic carbocycles. The number of amides is 1. The molecule has 0 saturated carbocycles. The zero-order valence-electron chi connectivity index (χ0n) is 18.9.